The quantitative estimate of drug-likeness (QED) is 0.485. The SMILES string of the molecule is Cc1cn(CO)nc1[N+](=O)[O-]. The minimum atomic E-state index is -0.582. The Morgan fingerprint density at radius 3 is 2.82 bits per heavy atom. The standard InChI is InChI=1S/C5H7N3O3/c1-4-2-7(3-9)6-5(4)8(10)11/h2,9H,3H2,1H3. The fraction of sp³-hybridized carbons (Fsp3) is 0.400. The molecule has 0 bridgehead atoms. The van der Waals surface area contributed by atoms with E-state index in [9.17, 15) is 10.1 Å². The molecule has 6 heteroatoms. The molecule has 60 valence electrons. The molecule has 0 fully saturated rings. The first-order valence-corrected chi connectivity index (χ1v) is 2.94. The normalized spacial score (nSPS) is 10.0. The summed E-state index contributed by atoms with van der Waals surface area (Å²) in [6, 6.07) is 0. The van der Waals surface area contributed by atoms with Gasteiger partial charge in [0, 0.05) is 0 Å². The van der Waals surface area contributed by atoms with Gasteiger partial charge in [0.25, 0.3) is 0 Å². The van der Waals surface area contributed by atoms with Crippen molar-refractivity contribution in [3.63, 3.8) is 0 Å². The van der Waals surface area contributed by atoms with Crippen molar-refractivity contribution in [2.24, 2.45) is 0 Å². The summed E-state index contributed by atoms with van der Waals surface area (Å²) in [6.45, 7) is 1.23. The van der Waals surface area contributed by atoms with Crippen LogP contribution in [0.2, 0.25) is 0 Å². The number of aliphatic hydroxyl groups is 1. The number of hydrogen-bond donors (Lipinski definition) is 1. The molecule has 0 radical (unpaired) electrons. The van der Waals surface area contributed by atoms with E-state index in [1.165, 1.54) is 6.20 Å². The van der Waals surface area contributed by atoms with Crippen LogP contribution in [0.15, 0.2) is 6.20 Å². The Morgan fingerprint density at radius 2 is 2.55 bits per heavy atom. The van der Waals surface area contributed by atoms with Gasteiger partial charge in [-0.25, -0.2) is 0 Å². The fourth-order valence-electron chi connectivity index (χ4n) is 0.764. The minimum absolute atomic E-state index is 0.209. The van der Waals surface area contributed by atoms with E-state index in [2.05, 4.69) is 5.10 Å². The summed E-state index contributed by atoms with van der Waals surface area (Å²) >= 11 is 0. The highest BCUT2D eigenvalue weighted by Crippen LogP contribution is 2.12. The van der Waals surface area contributed by atoms with Crippen molar-refractivity contribution in [3.05, 3.63) is 21.9 Å². The maximum atomic E-state index is 10.2. The van der Waals surface area contributed by atoms with Crippen LogP contribution >= 0.6 is 0 Å². The van der Waals surface area contributed by atoms with Gasteiger partial charge in [-0.15, -0.1) is 0 Å². The van der Waals surface area contributed by atoms with E-state index >= 15 is 0 Å². The largest absolute Gasteiger partial charge is 0.392 e. The Morgan fingerprint density at radius 1 is 1.91 bits per heavy atom. The third-order valence-corrected chi connectivity index (χ3v) is 1.24. The molecule has 1 rings (SSSR count). The van der Waals surface area contributed by atoms with E-state index in [0.717, 1.165) is 4.68 Å². The Balaban J connectivity index is 3.07. The molecule has 0 spiro atoms. The lowest BCUT2D eigenvalue weighted by molar-refractivity contribution is -0.390. The molecule has 1 N–H and O–H groups in total. The van der Waals surface area contributed by atoms with Crippen molar-refractivity contribution in [3.8, 4) is 0 Å². The van der Waals surface area contributed by atoms with E-state index in [1.54, 1.807) is 6.92 Å². The highest BCUT2D eigenvalue weighted by Gasteiger charge is 2.15. The molecule has 0 aliphatic heterocycles. The maximum Gasteiger partial charge on any atom is 0.392 e. The molecule has 0 saturated carbocycles. The summed E-state index contributed by atoms with van der Waals surface area (Å²) in [5.41, 5.74) is 0.448. The maximum absolute atomic E-state index is 10.2. The Bertz CT molecular complexity index is 281. The first-order chi connectivity index (χ1) is 5.15. The van der Waals surface area contributed by atoms with Crippen LogP contribution in [0.5, 0.6) is 0 Å². The van der Waals surface area contributed by atoms with E-state index in [1.807, 2.05) is 0 Å². The zero-order valence-corrected chi connectivity index (χ0v) is 5.89. The van der Waals surface area contributed by atoms with Gasteiger partial charge < -0.3 is 15.2 Å². The second kappa shape index (κ2) is 2.67. The molecule has 11 heavy (non-hydrogen) atoms. The van der Waals surface area contributed by atoms with Crippen LogP contribution in [0, 0.1) is 17.0 Å². The van der Waals surface area contributed by atoms with Crippen LogP contribution in [-0.2, 0) is 6.73 Å². The van der Waals surface area contributed by atoms with E-state index in [4.69, 9.17) is 5.11 Å². The number of nitrogens with zero attached hydrogens (tertiary/aromatic N) is 3. The summed E-state index contributed by atoms with van der Waals surface area (Å²) in [5, 5.41) is 22.2. The van der Waals surface area contributed by atoms with Crippen molar-refractivity contribution in [2.45, 2.75) is 13.7 Å². The predicted octanol–water partition coefficient (Wildman–Crippen LogP) is 0.0495. The Kier molecular flexibility index (Phi) is 1.86. The zero-order chi connectivity index (χ0) is 8.43. The molecule has 0 aliphatic rings. The number of aliphatic hydroxyl groups excluding tert-OH is 1. The second-order valence-corrected chi connectivity index (χ2v) is 2.07. The zero-order valence-electron chi connectivity index (χ0n) is 5.89. The highest BCUT2D eigenvalue weighted by molar-refractivity contribution is 5.27. The summed E-state index contributed by atoms with van der Waals surface area (Å²) in [5.74, 6) is -0.209. The minimum Gasteiger partial charge on any atom is -0.372 e. The van der Waals surface area contributed by atoms with Gasteiger partial charge in [0.15, 0.2) is 6.73 Å². The van der Waals surface area contributed by atoms with Gasteiger partial charge in [-0.05, 0) is 11.8 Å². The van der Waals surface area contributed by atoms with E-state index < -0.39 is 4.92 Å². The molecule has 0 aromatic carbocycles. The van der Waals surface area contributed by atoms with Gasteiger partial charge in [-0.2, -0.15) is 4.68 Å². The highest BCUT2D eigenvalue weighted by atomic mass is 16.6. The number of rotatable bonds is 2. The second-order valence-electron chi connectivity index (χ2n) is 2.07. The summed E-state index contributed by atoms with van der Waals surface area (Å²) in [6.07, 6.45) is 1.41. The molecule has 1 aromatic heterocycles. The van der Waals surface area contributed by atoms with Crippen LogP contribution in [0.3, 0.4) is 0 Å². The lowest BCUT2D eigenvalue weighted by Crippen LogP contribution is -1.97. The predicted molar refractivity (Wildman–Crippen MR) is 35.8 cm³/mol. The number of hydrogen-bond acceptors (Lipinski definition) is 4. The van der Waals surface area contributed by atoms with Gasteiger partial charge in [0.05, 0.1) is 16.9 Å². The number of nitro groups is 1. The Labute approximate surface area is 62.2 Å². The van der Waals surface area contributed by atoms with Crippen LogP contribution in [0.1, 0.15) is 5.56 Å². The molecule has 0 saturated heterocycles. The molecular weight excluding hydrogens is 150 g/mol. The fourth-order valence-corrected chi connectivity index (χ4v) is 0.764. The van der Waals surface area contributed by atoms with Crippen molar-refractivity contribution in [2.75, 3.05) is 0 Å². The monoisotopic (exact) mass is 157 g/mol. The van der Waals surface area contributed by atoms with Gasteiger partial charge in [-0.3, -0.25) is 0 Å². The topological polar surface area (TPSA) is 81.2 Å². The summed E-state index contributed by atoms with van der Waals surface area (Å²) in [4.78, 5) is 9.62. The van der Waals surface area contributed by atoms with Crippen molar-refractivity contribution in [1.29, 1.82) is 0 Å². The van der Waals surface area contributed by atoms with Gasteiger partial charge in [0.2, 0.25) is 0 Å². The lowest BCUT2D eigenvalue weighted by Gasteiger charge is -1.85. The van der Waals surface area contributed by atoms with E-state index in [-0.39, 0.29) is 12.5 Å². The first-order valence-electron chi connectivity index (χ1n) is 2.94. The lowest BCUT2D eigenvalue weighted by atomic mass is 10.4. The third kappa shape index (κ3) is 1.35. The van der Waals surface area contributed by atoms with Crippen molar-refractivity contribution < 1.29 is 10.0 Å². The summed E-state index contributed by atoms with van der Waals surface area (Å²) < 4.78 is 1.10. The number of aryl methyl sites for hydroxylation is 1. The van der Waals surface area contributed by atoms with Crippen LogP contribution in [0.4, 0.5) is 5.82 Å². The van der Waals surface area contributed by atoms with Crippen LogP contribution in [0.25, 0.3) is 0 Å². The number of aromatic nitrogens is 2. The molecule has 6 nitrogen and oxygen atoms in total. The van der Waals surface area contributed by atoms with Crippen LogP contribution < -0.4 is 0 Å². The molecule has 1 aromatic rings. The van der Waals surface area contributed by atoms with Crippen molar-refractivity contribution in [1.82, 2.24) is 9.78 Å². The smallest absolute Gasteiger partial charge is 0.372 e. The Hall–Kier alpha value is -1.43. The van der Waals surface area contributed by atoms with Gasteiger partial charge in [-0.1, -0.05) is 0 Å². The average Bonchev–Trinajstić information content (AvgIpc) is 2.30. The van der Waals surface area contributed by atoms with Crippen LogP contribution in [-0.4, -0.2) is 19.8 Å². The molecule has 1 heterocycles. The summed E-state index contributed by atoms with van der Waals surface area (Å²) in [7, 11) is 0. The van der Waals surface area contributed by atoms with E-state index in [0.29, 0.717) is 5.56 Å². The molecule has 0 atom stereocenters. The third-order valence-electron chi connectivity index (χ3n) is 1.24. The van der Waals surface area contributed by atoms with Crippen molar-refractivity contribution >= 4 is 5.82 Å². The molecular formula is C5H7N3O3. The molecule has 0 unspecified atom stereocenters. The average molecular weight is 157 g/mol. The first kappa shape index (κ1) is 7.67. The van der Waals surface area contributed by atoms with Gasteiger partial charge >= 0.3 is 5.82 Å². The van der Waals surface area contributed by atoms with Gasteiger partial charge in [0.1, 0.15) is 0 Å². The molecule has 0 amide bonds. The molecule has 0 aliphatic carbocycles.